The number of carbonyl (C=O) groups is 1. The number of benzene rings is 2. The van der Waals surface area contributed by atoms with E-state index in [-0.39, 0.29) is 5.91 Å². The average molecular weight is 350 g/mol. The Kier molecular flexibility index (Phi) is 3.51. The summed E-state index contributed by atoms with van der Waals surface area (Å²) in [6.07, 6.45) is 1.81. The Morgan fingerprint density at radius 1 is 1.20 bits per heavy atom. The van der Waals surface area contributed by atoms with Crippen LogP contribution in [0.25, 0.3) is 10.9 Å². The SMILES string of the molecule is O=C(Nc1cc(Br)ccc1Cl)c1cccc2cc[nH]c12. The second-order valence-electron chi connectivity index (χ2n) is 4.33. The Morgan fingerprint density at radius 2 is 2.05 bits per heavy atom. The van der Waals surface area contributed by atoms with Crippen molar-refractivity contribution in [3.8, 4) is 0 Å². The number of carbonyl (C=O) groups excluding carboxylic acids is 1. The van der Waals surface area contributed by atoms with Gasteiger partial charge in [0.2, 0.25) is 0 Å². The first-order chi connectivity index (χ1) is 9.65. The summed E-state index contributed by atoms with van der Waals surface area (Å²) in [6, 6.07) is 12.8. The van der Waals surface area contributed by atoms with E-state index in [2.05, 4.69) is 26.2 Å². The van der Waals surface area contributed by atoms with Gasteiger partial charge in [-0.2, -0.15) is 0 Å². The average Bonchev–Trinajstić information content (AvgIpc) is 2.91. The van der Waals surface area contributed by atoms with Gasteiger partial charge in [0.15, 0.2) is 0 Å². The second kappa shape index (κ2) is 5.31. The lowest BCUT2D eigenvalue weighted by molar-refractivity contribution is 0.102. The molecule has 2 aromatic carbocycles. The summed E-state index contributed by atoms with van der Waals surface area (Å²) in [5.74, 6) is -0.196. The van der Waals surface area contributed by atoms with E-state index in [9.17, 15) is 4.79 Å². The molecule has 0 unspecified atom stereocenters. The molecule has 0 spiro atoms. The predicted octanol–water partition coefficient (Wildman–Crippen LogP) is 4.84. The van der Waals surface area contributed by atoms with E-state index >= 15 is 0 Å². The number of fused-ring (bicyclic) bond motifs is 1. The highest BCUT2D eigenvalue weighted by molar-refractivity contribution is 9.10. The third-order valence-electron chi connectivity index (χ3n) is 3.01. The standard InChI is InChI=1S/C15H10BrClN2O/c16-10-4-5-12(17)13(8-10)19-15(20)11-3-1-2-9-6-7-18-14(9)11/h1-8,18H,(H,19,20). The van der Waals surface area contributed by atoms with Gasteiger partial charge in [0.25, 0.3) is 5.91 Å². The number of amides is 1. The summed E-state index contributed by atoms with van der Waals surface area (Å²) < 4.78 is 0.857. The van der Waals surface area contributed by atoms with Crippen LogP contribution in [0.1, 0.15) is 10.4 Å². The molecule has 3 nitrogen and oxygen atoms in total. The van der Waals surface area contributed by atoms with Gasteiger partial charge >= 0.3 is 0 Å². The molecule has 2 N–H and O–H groups in total. The molecule has 0 saturated heterocycles. The molecule has 0 radical (unpaired) electrons. The fraction of sp³-hybridized carbons (Fsp3) is 0. The number of para-hydroxylation sites is 1. The highest BCUT2D eigenvalue weighted by Gasteiger charge is 2.12. The van der Waals surface area contributed by atoms with E-state index in [1.54, 1.807) is 18.2 Å². The molecule has 0 aliphatic carbocycles. The van der Waals surface area contributed by atoms with Crippen LogP contribution in [-0.2, 0) is 0 Å². The molecule has 100 valence electrons. The maximum Gasteiger partial charge on any atom is 0.257 e. The molecule has 20 heavy (non-hydrogen) atoms. The van der Waals surface area contributed by atoms with Crippen molar-refractivity contribution < 1.29 is 4.79 Å². The Labute approximate surface area is 129 Å². The van der Waals surface area contributed by atoms with Crippen LogP contribution in [0.5, 0.6) is 0 Å². The lowest BCUT2D eigenvalue weighted by Crippen LogP contribution is -2.12. The molecule has 1 amide bonds. The van der Waals surface area contributed by atoms with E-state index in [1.807, 2.05) is 30.5 Å². The number of rotatable bonds is 2. The molecule has 1 aromatic heterocycles. The fourth-order valence-corrected chi connectivity index (χ4v) is 2.58. The molecule has 0 fully saturated rings. The minimum atomic E-state index is -0.196. The number of anilines is 1. The highest BCUT2D eigenvalue weighted by atomic mass is 79.9. The molecule has 1 heterocycles. The van der Waals surface area contributed by atoms with Crippen LogP contribution < -0.4 is 5.32 Å². The summed E-state index contributed by atoms with van der Waals surface area (Å²) in [6.45, 7) is 0. The zero-order valence-electron chi connectivity index (χ0n) is 10.3. The number of halogens is 2. The number of aromatic amines is 1. The molecule has 0 saturated carbocycles. The summed E-state index contributed by atoms with van der Waals surface area (Å²) >= 11 is 9.44. The van der Waals surface area contributed by atoms with Crippen molar-refractivity contribution in [3.05, 3.63) is 63.7 Å². The number of aromatic nitrogens is 1. The van der Waals surface area contributed by atoms with Crippen molar-refractivity contribution in [3.63, 3.8) is 0 Å². The maximum atomic E-state index is 12.4. The largest absolute Gasteiger partial charge is 0.361 e. The molecule has 0 aliphatic heterocycles. The van der Waals surface area contributed by atoms with Crippen LogP contribution in [0.4, 0.5) is 5.69 Å². The van der Waals surface area contributed by atoms with Crippen LogP contribution in [-0.4, -0.2) is 10.9 Å². The minimum Gasteiger partial charge on any atom is -0.361 e. The van der Waals surface area contributed by atoms with E-state index in [0.29, 0.717) is 16.3 Å². The van der Waals surface area contributed by atoms with E-state index in [4.69, 9.17) is 11.6 Å². The van der Waals surface area contributed by atoms with E-state index in [1.165, 1.54) is 0 Å². The van der Waals surface area contributed by atoms with E-state index in [0.717, 1.165) is 15.4 Å². The summed E-state index contributed by atoms with van der Waals surface area (Å²) in [5.41, 5.74) is 1.98. The van der Waals surface area contributed by atoms with Crippen LogP contribution in [0.15, 0.2) is 53.1 Å². The predicted molar refractivity (Wildman–Crippen MR) is 85.4 cm³/mol. The van der Waals surface area contributed by atoms with Crippen molar-refractivity contribution in [2.24, 2.45) is 0 Å². The number of hydrogen-bond acceptors (Lipinski definition) is 1. The second-order valence-corrected chi connectivity index (χ2v) is 5.65. The van der Waals surface area contributed by atoms with Crippen molar-refractivity contribution in [2.75, 3.05) is 5.32 Å². The normalized spacial score (nSPS) is 10.7. The molecule has 5 heteroatoms. The van der Waals surface area contributed by atoms with Crippen molar-refractivity contribution >= 4 is 50.0 Å². The Balaban J connectivity index is 1.97. The van der Waals surface area contributed by atoms with Gasteiger partial charge in [-0.05, 0) is 30.3 Å². The Hall–Kier alpha value is -1.78. The zero-order chi connectivity index (χ0) is 14.1. The van der Waals surface area contributed by atoms with Gasteiger partial charge in [-0.15, -0.1) is 0 Å². The summed E-state index contributed by atoms with van der Waals surface area (Å²) in [7, 11) is 0. The van der Waals surface area contributed by atoms with Gasteiger partial charge in [0, 0.05) is 16.1 Å². The van der Waals surface area contributed by atoms with Gasteiger partial charge in [-0.3, -0.25) is 4.79 Å². The fourth-order valence-electron chi connectivity index (χ4n) is 2.06. The minimum absolute atomic E-state index is 0.196. The number of nitrogens with one attached hydrogen (secondary N) is 2. The van der Waals surface area contributed by atoms with Crippen LogP contribution in [0.3, 0.4) is 0 Å². The molecular weight excluding hydrogens is 340 g/mol. The zero-order valence-corrected chi connectivity index (χ0v) is 12.6. The molecule has 0 bridgehead atoms. The summed E-state index contributed by atoms with van der Waals surface area (Å²) in [4.78, 5) is 15.5. The highest BCUT2D eigenvalue weighted by Crippen LogP contribution is 2.27. The lowest BCUT2D eigenvalue weighted by atomic mass is 10.1. The third-order valence-corrected chi connectivity index (χ3v) is 3.83. The van der Waals surface area contributed by atoms with Gasteiger partial charge in [-0.25, -0.2) is 0 Å². The van der Waals surface area contributed by atoms with Gasteiger partial charge in [0.1, 0.15) is 0 Å². The van der Waals surface area contributed by atoms with E-state index < -0.39 is 0 Å². The van der Waals surface area contributed by atoms with Gasteiger partial charge in [-0.1, -0.05) is 39.7 Å². The molecular formula is C15H10BrClN2O. The smallest absolute Gasteiger partial charge is 0.257 e. The first-order valence-electron chi connectivity index (χ1n) is 5.97. The number of hydrogen-bond donors (Lipinski definition) is 2. The monoisotopic (exact) mass is 348 g/mol. The molecule has 3 rings (SSSR count). The van der Waals surface area contributed by atoms with Crippen LogP contribution in [0.2, 0.25) is 5.02 Å². The molecule has 0 aliphatic rings. The van der Waals surface area contributed by atoms with Gasteiger partial charge in [0.05, 0.1) is 21.8 Å². The summed E-state index contributed by atoms with van der Waals surface area (Å²) in [5, 5.41) is 4.33. The number of H-pyrrole nitrogens is 1. The van der Waals surface area contributed by atoms with Crippen LogP contribution in [0, 0.1) is 0 Å². The molecule has 0 atom stereocenters. The quantitative estimate of drug-likeness (QED) is 0.683. The molecule has 3 aromatic rings. The van der Waals surface area contributed by atoms with Crippen molar-refractivity contribution in [1.29, 1.82) is 0 Å². The van der Waals surface area contributed by atoms with Crippen molar-refractivity contribution in [1.82, 2.24) is 4.98 Å². The van der Waals surface area contributed by atoms with Crippen LogP contribution >= 0.6 is 27.5 Å². The Bertz CT molecular complexity index is 797. The first kappa shape index (κ1) is 13.2. The van der Waals surface area contributed by atoms with Crippen molar-refractivity contribution in [2.45, 2.75) is 0 Å². The topological polar surface area (TPSA) is 44.9 Å². The maximum absolute atomic E-state index is 12.4. The third kappa shape index (κ3) is 2.44. The first-order valence-corrected chi connectivity index (χ1v) is 7.15. The Morgan fingerprint density at radius 3 is 2.90 bits per heavy atom. The lowest BCUT2D eigenvalue weighted by Gasteiger charge is -2.08. The van der Waals surface area contributed by atoms with Gasteiger partial charge < -0.3 is 10.3 Å².